The van der Waals surface area contributed by atoms with Crippen LogP contribution in [0.5, 0.6) is 0 Å². The molecule has 0 bridgehead atoms. The zero-order chi connectivity index (χ0) is 12.4. The quantitative estimate of drug-likeness (QED) is 0.761. The van der Waals surface area contributed by atoms with Crippen LogP contribution in [0, 0.1) is 0 Å². The number of furan rings is 1. The van der Waals surface area contributed by atoms with Crippen molar-refractivity contribution in [3.8, 4) is 0 Å². The predicted molar refractivity (Wildman–Crippen MR) is 70.3 cm³/mol. The number of anilines is 1. The molecule has 0 aliphatic carbocycles. The van der Waals surface area contributed by atoms with Crippen molar-refractivity contribution in [3.63, 3.8) is 0 Å². The van der Waals surface area contributed by atoms with Gasteiger partial charge in [0.05, 0.1) is 17.7 Å². The van der Waals surface area contributed by atoms with Crippen molar-refractivity contribution >= 4 is 16.8 Å². The Labute approximate surface area is 105 Å². The number of fused-ring (bicyclic) bond motifs is 1. The van der Waals surface area contributed by atoms with Gasteiger partial charge in [-0.25, -0.2) is 4.98 Å². The Balaban J connectivity index is 1.91. The average Bonchev–Trinajstić information content (AvgIpc) is 2.89. The number of nitrogens with one attached hydrogen (secondary N) is 1. The van der Waals surface area contributed by atoms with E-state index < -0.39 is 0 Å². The van der Waals surface area contributed by atoms with E-state index in [1.165, 1.54) is 5.56 Å². The molecule has 90 valence electrons. The Kier molecular flexibility index (Phi) is 2.68. The van der Waals surface area contributed by atoms with E-state index in [9.17, 15) is 0 Å². The number of pyridine rings is 2. The van der Waals surface area contributed by atoms with Gasteiger partial charge in [0.2, 0.25) is 0 Å². The van der Waals surface area contributed by atoms with E-state index >= 15 is 0 Å². The Morgan fingerprint density at radius 1 is 1.11 bits per heavy atom. The minimum atomic E-state index is 0.168. The first-order valence-electron chi connectivity index (χ1n) is 5.83. The first-order chi connectivity index (χ1) is 8.84. The molecule has 3 rings (SSSR count). The van der Waals surface area contributed by atoms with Gasteiger partial charge in [0.1, 0.15) is 11.4 Å². The Hall–Kier alpha value is -2.36. The summed E-state index contributed by atoms with van der Waals surface area (Å²) in [6.07, 6.45) is 7.00. The van der Waals surface area contributed by atoms with Crippen LogP contribution in [0.15, 0.2) is 53.5 Å². The molecule has 3 heterocycles. The van der Waals surface area contributed by atoms with Gasteiger partial charge in [0, 0.05) is 18.6 Å². The molecule has 3 aromatic rings. The lowest BCUT2D eigenvalue weighted by Gasteiger charge is -2.14. The molecule has 0 amide bonds. The molecule has 1 unspecified atom stereocenters. The summed E-state index contributed by atoms with van der Waals surface area (Å²) in [7, 11) is 0. The molecule has 0 aliphatic heterocycles. The summed E-state index contributed by atoms with van der Waals surface area (Å²) in [5.41, 5.74) is 2.02. The molecule has 0 fully saturated rings. The topological polar surface area (TPSA) is 51.0 Å². The van der Waals surface area contributed by atoms with Gasteiger partial charge >= 0.3 is 0 Å². The third-order valence-electron chi connectivity index (χ3n) is 2.94. The minimum absolute atomic E-state index is 0.168. The largest absolute Gasteiger partial charge is 0.464 e. The summed E-state index contributed by atoms with van der Waals surface area (Å²) in [6.45, 7) is 2.09. The van der Waals surface area contributed by atoms with Gasteiger partial charge in [-0.05, 0) is 36.8 Å². The van der Waals surface area contributed by atoms with Crippen molar-refractivity contribution in [3.05, 3.63) is 54.7 Å². The molecule has 0 aromatic carbocycles. The second-order valence-corrected chi connectivity index (χ2v) is 4.14. The molecule has 0 spiro atoms. The normalized spacial score (nSPS) is 12.5. The summed E-state index contributed by atoms with van der Waals surface area (Å²) in [5.74, 6) is 0.838. The highest BCUT2D eigenvalue weighted by molar-refractivity contribution is 5.87. The molecule has 4 nitrogen and oxygen atoms in total. The van der Waals surface area contributed by atoms with Crippen LogP contribution in [0.4, 0.5) is 5.82 Å². The molecular weight excluding hydrogens is 226 g/mol. The van der Waals surface area contributed by atoms with Crippen molar-refractivity contribution in [2.24, 2.45) is 0 Å². The van der Waals surface area contributed by atoms with Gasteiger partial charge in [-0.3, -0.25) is 4.98 Å². The van der Waals surface area contributed by atoms with Crippen molar-refractivity contribution in [2.45, 2.75) is 13.0 Å². The van der Waals surface area contributed by atoms with Crippen LogP contribution in [-0.4, -0.2) is 9.97 Å². The zero-order valence-corrected chi connectivity index (χ0v) is 10.00. The highest BCUT2D eigenvalue weighted by atomic mass is 16.3. The third kappa shape index (κ3) is 1.93. The Bertz CT molecular complexity index is 648. The summed E-state index contributed by atoms with van der Waals surface area (Å²) in [4.78, 5) is 8.38. The van der Waals surface area contributed by atoms with E-state index in [1.54, 1.807) is 24.9 Å². The van der Waals surface area contributed by atoms with Crippen molar-refractivity contribution in [1.29, 1.82) is 0 Å². The number of hydrogen-bond donors (Lipinski definition) is 1. The van der Waals surface area contributed by atoms with Gasteiger partial charge in [0.15, 0.2) is 0 Å². The van der Waals surface area contributed by atoms with Crippen LogP contribution >= 0.6 is 0 Å². The lowest BCUT2D eigenvalue weighted by atomic mass is 10.1. The SMILES string of the molecule is CC(Nc1nccc2occc12)c1ccncc1. The fourth-order valence-electron chi connectivity index (χ4n) is 1.95. The van der Waals surface area contributed by atoms with Crippen LogP contribution in [0.25, 0.3) is 11.0 Å². The van der Waals surface area contributed by atoms with Crippen LogP contribution in [0.2, 0.25) is 0 Å². The Morgan fingerprint density at radius 2 is 1.94 bits per heavy atom. The second kappa shape index (κ2) is 4.49. The number of hydrogen-bond acceptors (Lipinski definition) is 4. The molecule has 3 aromatic heterocycles. The average molecular weight is 239 g/mol. The summed E-state index contributed by atoms with van der Waals surface area (Å²) < 4.78 is 5.36. The third-order valence-corrected chi connectivity index (χ3v) is 2.94. The van der Waals surface area contributed by atoms with Crippen LogP contribution in [0.1, 0.15) is 18.5 Å². The first-order valence-corrected chi connectivity index (χ1v) is 5.83. The van der Waals surface area contributed by atoms with Crippen molar-refractivity contribution in [1.82, 2.24) is 9.97 Å². The maximum atomic E-state index is 5.36. The second-order valence-electron chi connectivity index (χ2n) is 4.14. The number of aromatic nitrogens is 2. The Morgan fingerprint density at radius 3 is 2.78 bits per heavy atom. The lowest BCUT2D eigenvalue weighted by molar-refractivity contribution is 0.615. The molecule has 0 saturated heterocycles. The van der Waals surface area contributed by atoms with Gasteiger partial charge in [-0.15, -0.1) is 0 Å². The highest BCUT2D eigenvalue weighted by Crippen LogP contribution is 2.25. The monoisotopic (exact) mass is 239 g/mol. The molecule has 4 heteroatoms. The molecule has 18 heavy (non-hydrogen) atoms. The highest BCUT2D eigenvalue weighted by Gasteiger charge is 2.09. The fourth-order valence-corrected chi connectivity index (χ4v) is 1.95. The minimum Gasteiger partial charge on any atom is -0.464 e. The molecular formula is C14H13N3O. The van der Waals surface area contributed by atoms with Crippen molar-refractivity contribution in [2.75, 3.05) is 5.32 Å². The molecule has 0 radical (unpaired) electrons. The smallest absolute Gasteiger partial charge is 0.139 e. The summed E-state index contributed by atoms with van der Waals surface area (Å²) in [5, 5.41) is 4.39. The maximum Gasteiger partial charge on any atom is 0.139 e. The zero-order valence-electron chi connectivity index (χ0n) is 10.00. The lowest BCUT2D eigenvalue weighted by Crippen LogP contribution is -2.07. The summed E-state index contributed by atoms with van der Waals surface area (Å²) >= 11 is 0. The predicted octanol–water partition coefficient (Wildman–Crippen LogP) is 3.40. The van der Waals surface area contributed by atoms with Crippen LogP contribution < -0.4 is 5.32 Å². The van der Waals surface area contributed by atoms with Crippen LogP contribution in [-0.2, 0) is 0 Å². The maximum absolute atomic E-state index is 5.36. The van der Waals surface area contributed by atoms with E-state index in [0.29, 0.717) is 0 Å². The standard InChI is InChI=1S/C14H13N3O/c1-10(11-2-6-15-7-3-11)17-14-12-5-9-18-13(12)4-8-16-14/h2-10H,1H3,(H,16,17). The molecule has 1 N–H and O–H groups in total. The van der Waals surface area contributed by atoms with Gasteiger partial charge in [-0.2, -0.15) is 0 Å². The number of rotatable bonds is 3. The fraction of sp³-hybridized carbons (Fsp3) is 0.143. The van der Waals surface area contributed by atoms with E-state index in [0.717, 1.165) is 16.8 Å². The molecule has 0 aliphatic rings. The van der Waals surface area contributed by atoms with E-state index in [1.807, 2.05) is 24.3 Å². The van der Waals surface area contributed by atoms with E-state index in [4.69, 9.17) is 4.42 Å². The van der Waals surface area contributed by atoms with Gasteiger partial charge < -0.3 is 9.73 Å². The van der Waals surface area contributed by atoms with Gasteiger partial charge in [-0.1, -0.05) is 0 Å². The number of nitrogens with zero attached hydrogens (tertiary/aromatic N) is 2. The molecule has 0 saturated carbocycles. The first kappa shape index (κ1) is 10.8. The van der Waals surface area contributed by atoms with Gasteiger partial charge in [0.25, 0.3) is 0 Å². The van der Waals surface area contributed by atoms with E-state index in [2.05, 4.69) is 22.2 Å². The molecule has 1 atom stereocenters. The summed E-state index contributed by atoms with van der Waals surface area (Å²) in [6, 6.07) is 7.93. The van der Waals surface area contributed by atoms with Crippen molar-refractivity contribution < 1.29 is 4.42 Å². The van der Waals surface area contributed by atoms with E-state index in [-0.39, 0.29) is 6.04 Å². The van der Waals surface area contributed by atoms with Crippen LogP contribution in [0.3, 0.4) is 0 Å².